The van der Waals surface area contributed by atoms with Gasteiger partial charge in [-0.1, -0.05) is 13.5 Å². The zero-order valence-electron chi connectivity index (χ0n) is 8.99. The summed E-state index contributed by atoms with van der Waals surface area (Å²) >= 11 is 0. The van der Waals surface area contributed by atoms with Crippen LogP contribution in [0.2, 0.25) is 0 Å². The Morgan fingerprint density at radius 2 is 2.53 bits per heavy atom. The van der Waals surface area contributed by atoms with Crippen molar-refractivity contribution in [1.82, 2.24) is 0 Å². The van der Waals surface area contributed by atoms with Gasteiger partial charge in [-0.25, -0.2) is 4.79 Å². The molecule has 3 nitrogen and oxygen atoms in total. The summed E-state index contributed by atoms with van der Waals surface area (Å²) in [6.45, 7) is 5.57. The van der Waals surface area contributed by atoms with E-state index in [0.717, 1.165) is 25.7 Å². The monoisotopic (exact) mass is 208 g/mol. The molecule has 2 aliphatic carbocycles. The van der Waals surface area contributed by atoms with Gasteiger partial charge in [-0.15, -0.1) is 0 Å². The second-order valence-electron chi connectivity index (χ2n) is 4.90. The predicted molar refractivity (Wildman–Crippen MR) is 54.3 cm³/mol. The number of ether oxygens (including phenoxy) is 2. The maximum atomic E-state index is 11.4. The molecule has 82 valence electrons. The van der Waals surface area contributed by atoms with Crippen LogP contribution in [0.3, 0.4) is 0 Å². The van der Waals surface area contributed by atoms with E-state index in [1.165, 1.54) is 6.08 Å². The first-order valence-electron chi connectivity index (χ1n) is 5.71. The summed E-state index contributed by atoms with van der Waals surface area (Å²) in [6.07, 6.45) is 5.64. The van der Waals surface area contributed by atoms with Crippen molar-refractivity contribution >= 4 is 5.97 Å². The highest BCUT2D eigenvalue weighted by Crippen LogP contribution is 2.68. The lowest BCUT2D eigenvalue weighted by Crippen LogP contribution is -2.45. The third-order valence-corrected chi connectivity index (χ3v) is 4.44. The summed E-state index contributed by atoms with van der Waals surface area (Å²) in [4.78, 5) is 11.4. The summed E-state index contributed by atoms with van der Waals surface area (Å²) in [7, 11) is 0. The van der Waals surface area contributed by atoms with Gasteiger partial charge >= 0.3 is 5.97 Å². The Morgan fingerprint density at radius 3 is 3.20 bits per heavy atom. The second-order valence-corrected chi connectivity index (χ2v) is 4.90. The van der Waals surface area contributed by atoms with Gasteiger partial charge in [0, 0.05) is 6.08 Å². The summed E-state index contributed by atoms with van der Waals surface area (Å²) in [5, 5.41) is 0. The Balaban J connectivity index is 1.90. The molecule has 4 unspecified atom stereocenters. The van der Waals surface area contributed by atoms with E-state index >= 15 is 0 Å². The number of epoxide rings is 1. The number of esters is 1. The minimum atomic E-state index is -0.331. The van der Waals surface area contributed by atoms with Crippen LogP contribution in [0.5, 0.6) is 0 Å². The highest BCUT2D eigenvalue weighted by Gasteiger charge is 2.80. The predicted octanol–water partition coefficient (Wildman–Crippen LogP) is 1.82. The molecule has 4 atom stereocenters. The third kappa shape index (κ3) is 0.924. The van der Waals surface area contributed by atoms with Gasteiger partial charge in [-0.3, -0.25) is 0 Å². The lowest BCUT2D eigenvalue weighted by molar-refractivity contribution is -0.161. The van der Waals surface area contributed by atoms with Crippen molar-refractivity contribution in [2.75, 3.05) is 0 Å². The standard InChI is InChI=1S/C12H16O3/c1-3-9(13)14-11-6-5-8(7-11)10-12(11,4-2)15-10/h3,8,10H,1,4-7H2,2H3. The first kappa shape index (κ1) is 9.40. The molecule has 0 N–H and O–H groups in total. The van der Waals surface area contributed by atoms with Crippen molar-refractivity contribution < 1.29 is 14.3 Å². The largest absolute Gasteiger partial charge is 0.453 e. The van der Waals surface area contributed by atoms with Crippen molar-refractivity contribution in [2.45, 2.75) is 49.9 Å². The minimum absolute atomic E-state index is 0.144. The molecule has 3 fully saturated rings. The van der Waals surface area contributed by atoms with E-state index in [9.17, 15) is 4.79 Å². The average Bonchev–Trinajstić information content (AvgIpc) is 2.83. The summed E-state index contributed by atoms with van der Waals surface area (Å²) in [6, 6.07) is 0. The maximum Gasteiger partial charge on any atom is 0.330 e. The molecule has 1 aliphatic heterocycles. The van der Waals surface area contributed by atoms with E-state index in [1.807, 2.05) is 0 Å². The van der Waals surface area contributed by atoms with Gasteiger partial charge in [-0.05, 0) is 31.6 Å². The molecule has 3 heteroatoms. The molecule has 2 bridgehead atoms. The van der Waals surface area contributed by atoms with E-state index in [1.54, 1.807) is 0 Å². The Morgan fingerprint density at radius 1 is 1.73 bits per heavy atom. The number of hydrogen-bond acceptors (Lipinski definition) is 3. The Kier molecular flexibility index (Phi) is 1.66. The van der Waals surface area contributed by atoms with Crippen LogP contribution in [0.25, 0.3) is 0 Å². The molecule has 1 heterocycles. The molecule has 0 aromatic heterocycles. The first-order chi connectivity index (χ1) is 7.17. The molecule has 0 amide bonds. The lowest BCUT2D eigenvalue weighted by atomic mass is 9.82. The highest BCUT2D eigenvalue weighted by atomic mass is 16.7. The number of carbonyl (C=O) groups is 1. The fraction of sp³-hybridized carbons (Fsp3) is 0.750. The van der Waals surface area contributed by atoms with Crippen molar-refractivity contribution in [3.63, 3.8) is 0 Å². The summed E-state index contributed by atoms with van der Waals surface area (Å²) in [5.41, 5.74) is -0.475. The fourth-order valence-corrected chi connectivity index (χ4v) is 3.75. The fourth-order valence-electron chi connectivity index (χ4n) is 3.75. The second kappa shape index (κ2) is 2.64. The summed E-state index contributed by atoms with van der Waals surface area (Å²) in [5.74, 6) is 0.308. The lowest BCUT2D eigenvalue weighted by Gasteiger charge is -2.33. The molecule has 3 rings (SSSR count). The van der Waals surface area contributed by atoms with Gasteiger partial charge in [0.15, 0.2) is 0 Å². The maximum absolute atomic E-state index is 11.4. The van der Waals surface area contributed by atoms with Crippen LogP contribution in [0, 0.1) is 5.92 Å². The Hall–Kier alpha value is -0.830. The van der Waals surface area contributed by atoms with Gasteiger partial charge in [0.2, 0.25) is 0 Å². The normalized spacial score (nSPS) is 49.9. The molecule has 0 spiro atoms. The topological polar surface area (TPSA) is 38.8 Å². The van der Waals surface area contributed by atoms with E-state index in [4.69, 9.17) is 9.47 Å². The Bertz CT molecular complexity index is 338. The SMILES string of the molecule is C=CC(=O)OC12CCC(C1)C1OC12CC. The third-order valence-electron chi connectivity index (χ3n) is 4.44. The zero-order valence-corrected chi connectivity index (χ0v) is 8.99. The molecule has 15 heavy (non-hydrogen) atoms. The van der Waals surface area contributed by atoms with Crippen LogP contribution in [-0.2, 0) is 14.3 Å². The van der Waals surface area contributed by atoms with E-state index in [0.29, 0.717) is 12.0 Å². The van der Waals surface area contributed by atoms with Crippen molar-refractivity contribution in [3.05, 3.63) is 12.7 Å². The van der Waals surface area contributed by atoms with Gasteiger partial charge in [0.05, 0.1) is 6.10 Å². The van der Waals surface area contributed by atoms with Crippen LogP contribution >= 0.6 is 0 Å². The number of hydrogen-bond donors (Lipinski definition) is 0. The molecule has 3 aliphatic rings. The van der Waals surface area contributed by atoms with Gasteiger partial charge < -0.3 is 9.47 Å². The molecule has 0 aromatic carbocycles. The number of fused-ring (bicyclic) bond motifs is 5. The van der Waals surface area contributed by atoms with E-state index in [2.05, 4.69) is 13.5 Å². The Labute approximate surface area is 89.4 Å². The molecule has 1 saturated heterocycles. The summed E-state index contributed by atoms with van der Waals surface area (Å²) < 4.78 is 11.4. The van der Waals surface area contributed by atoms with Crippen molar-refractivity contribution in [1.29, 1.82) is 0 Å². The minimum Gasteiger partial charge on any atom is -0.453 e. The molecular formula is C12H16O3. The van der Waals surface area contributed by atoms with E-state index < -0.39 is 0 Å². The van der Waals surface area contributed by atoms with Crippen LogP contribution < -0.4 is 0 Å². The van der Waals surface area contributed by atoms with Gasteiger partial charge in [-0.2, -0.15) is 0 Å². The van der Waals surface area contributed by atoms with Crippen LogP contribution in [0.1, 0.15) is 32.6 Å². The first-order valence-corrected chi connectivity index (χ1v) is 5.71. The van der Waals surface area contributed by atoms with Crippen molar-refractivity contribution in [2.24, 2.45) is 5.92 Å². The quantitative estimate of drug-likeness (QED) is 0.403. The average molecular weight is 208 g/mol. The van der Waals surface area contributed by atoms with Crippen LogP contribution in [-0.4, -0.2) is 23.3 Å². The van der Waals surface area contributed by atoms with Gasteiger partial charge in [0.1, 0.15) is 11.2 Å². The molecule has 2 saturated carbocycles. The van der Waals surface area contributed by atoms with Crippen LogP contribution in [0.15, 0.2) is 12.7 Å². The number of carbonyl (C=O) groups excluding carboxylic acids is 1. The molecule has 0 aromatic rings. The smallest absolute Gasteiger partial charge is 0.330 e. The molecule has 0 radical (unpaired) electrons. The number of rotatable bonds is 3. The van der Waals surface area contributed by atoms with Crippen molar-refractivity contribution in [3.8, 4) is 0 Å². The highest BCUT2D eigenvalue weighted by molar-refractivity contribution is 5.82. The van der Waals surface area contributed by atoms with Crippen LogP contribution in [0.4, 0.5) is 0 Å². The van der Waals surface area contributed by atoms with Gasteiger partial charge in [0.25, 0.3) is 0 Å². The van der Waals surface area contributed by atoms with E-state index in [-0.39, 0.29) is 17.2 Å². The zero-order chi connectivity index (χ0) is 10.7. The molecular weight excluding hydrogens is 192 g/mol.